The average molecular weight is 322 g/mol. The third-order valence-corrected chi connectivity index (χ3v) is 3.77. The van der Waals surface area contributed by atoms with Crippen molar-refractivity contribution >= 4 is 32.4 Å². The first-order valence-corrected chi connectivity index (χ1v) is 6.72. The molecule has 2 aromatic heterocycles. The van der Waals surface area contributed by atoms with E-state index in [1.54, 1.807) is 11.0 Å². The molecule has 3 rings (SSSR count). The number of nitrogens with two attached hydrogens (primary N) is 1. The maximum Gasteiger partial charge on any atom is 0.182 e. The minimum absolute atomic E-state index is 0.512. The molecule has 2 heterocycles. The minimum Gasteiger partial charge on any atom is -0.375 e. The van der Waals surface area contributed by atoms with Crippen LogP contribution < -0.4 is 5.73 Å². The van der Waals surface area contributed by atoms with Crippen LogP contribution in [0.25, 0.3) is 16.3 Å². The standard InChI is InChI=1S/C11H8BrN5S/c12-8-3-1-7(2-4-8)9-10(18-11(13)16-9)17-6-14-5-15-17/h1-6H,(H2,13,16). The largest absolute Gasteiger partial charge is 0.375 e. The van der Waals surface area contributed by atoms with E-state index < -0.39 is 0 Å². The van der Waals surface area contributed by atoms with E-state index in [4.69, 9.17) is 5.73 Å². The normalized spacial score (nSPS) is 10.7. The third kappa shape index (κ3) is 2.02. The van der Waals surface area contributed by atoms with Gasteiger partial charge in [0.25, 0.3) is 0 Å². The van der Waals surface area contributed by atoms with Crippen LogP contribution in [0.3, 0.4) is 0 Å². The van der Waals surface area contributed by atoms with Crippen LogP contribution in [0.5, 0.6) is 0 Å². The SMILES string of the molecule is Nc1nc(-c2ccc(Br)cc2)c(-n2cncn2)s1. The Hall–Kier alpha value is -1.73. The van der Waals surface area contributed by atoms with Crippen LogP contribution in [0.15, 0.2) is 41.4 Å². The molecule has 18 heavy (non-hydrogen) atoms. The summed E-state index contributed by atoms with van der Waals surface area (Å²) < 4.78 is 2.70. The summed E-state index contributed by atoms with van der Waals surface area (Å²) in [6.07, 6.45) is 3.12. The Morgan fingerprint density at radius 2 is 2.00 bits per heavy atom. The third-order valence-electron chi connectivity index (χ3n) is 2.37. The van der Waals surface area contributed by atoms with Crippen molar-refractivity contribution < 1.29 is 0 Å². The Morgan fingerprint density at radius 1 is 1.22 bits per heavy atom. The smallest absolute Gasteiger partial charge is 0.182 e. The second-order valence-electron chi connectivity index (χ2n) is 3.55. The van der Waals surface area contributed by atoms with Gasteiger partial charge in [-0.1, -0.05) is 39.4 Å². The van der Waals surface area contributed by atoms with Crippen molar-refractivity contribution in [1.29, 1.82) is 0 Å². The quantitative estimate of drug-likeness (QED) is 0.787. The Bertz CT molecular complexity index is 659. The van der Waals surface area contributed by atoms with Crippen LogP contribution in [0.4, 0.5) is 5.13 Å². The van der Waals surface area contributed by atoms with Gasteiger partial charge < -0.3 is 5.73 Å². The molecule has 0 atom stereocenters. The summed E-state index contributed by atoms with van der Waals surface area (Å²) >= 11 is 4.80. The zero-order valence-electron chi connectivity index (χ0n) is 9.12. The van der Waals surface area contributed by atoms with Crippen LogP contribution in [0.1, 0.15) is 0 Å². The van der Waals surface area contributed by atoms with Crippen molar-refractivity contribution in [3.05, 3.63) is 41.4 Å². The second-order valence-corrected chi connectivity index (χ2v) is 5.48. The van der Waals surface area contributed by atoms with E-state index in [2.05, 4.69) is 31.0 Å². The lowest BCUT2D eigenvalue weighted by atomic mass is 10.2. The maximum absolute atomic E-state index is 5.79. The lowest BCUT2D eigenvalue weighted by Gasteiger charge is -2.01. The molecule has 0 aliphatic heterocycles. The van der Waals surface area contributed by atoms with Gasteiger partial charge in [0, 0.05) is 10.0 Å². The maximum atomic E-state index is 5.79. The Balaban J connectivity index is 2.15. The highest BCUT2D eigenvalue weighted by molar-refractivity contribution is 9.10. The molecule has 0 aliphatic rings. The van der Waals surface area contributed by atoms with Gasteiger partial charge in [-0.2, -0.15) is 5.10 Å². The number of rotatable bonds is 2. The Kier molecular flexibility index (Phi) is 2.85. The van der Waals surface area contributed by atoms with E-state index >= 15 is 0 Å². The van der Waals surface area contributed by atoms with Gasteiger partial charge in [0.1, 0.15) is 23.3 Å². The monoisotopic (exact) mass is 321 g/mol. The first-order chi connectivity index (χ1) is 8.74. The molecule has 0 unspecified atom stereocenters. The molecule has 0 bridgehead atoms. The molecular weight excluding hydrogens is 314 g/mol. The molecule has 0 saturated heterocycles. The van der Waals surface area contributed by atoms with Crippen molar-refractivity contribution in [2.45, 2.75) is 0 Å². The Morgan fingerprint density at radius 3 is 2.67 bits per heavy atom. The summed E-state index contributed by atoms with van der Waals surface area (Å²) in [5, 5.41) is 5.50. The molecule has 90 valence electrons. The zero-order valence-corrected chi connectivity index (χ0v) is 11.5. The van der Waals surface area contributed by atoms with Crippen molar-refractivity contribution in [1.82, 2.24) is 19.7 Å². The first kappa shape index (κ1) is 11.4. The minimum atomic E-state index is 0.512. The van der Waals surface area contributed by atoms with Crippen molar-refractivity contribution in [3.8, 4) is 16.3 Å². The number of anilines is 1. The summed E-state index contributed by atoms with van der Waals surface area (Å²) in [4.78, 5) is 8.30. The number of nitrogens with zero attached hydrogens (tertiary/aromatic N) is 4. The van der Waals surface area contributed by atoms with Gasteiger partial charge in [-0.25, -0.2) is 14.6 Å². The highest BCUT2D eigenvalue weighted by Gasteiger charge is 2.13. The van der Waals surface area contributed by atoms with Crippen molar-refractivity contribution in [2.75, 3.05) is 5.73 Å². The number of nitrogen functional groups attached to an aromatic ring is 1. The average Bonchev–Trinajstić information content (AvgIpc) is 2.98. The summed E-state index contributed by atoms with van der Waals surface area (Å²) in [6.45, 7) is 0. The van der Waals surface area contributed by atoms with E-state index in [1.807, 2.05) is 24.3 Å². The van der Waals surface area contributed by atoms with E-state index in [-0.39, 0.29) is 0 Å². The van der Waals surface area contributed by atoms with E-state index in [0.717, 1.165) is 20.7 Å². The molecule has 0 saturated carbocycles. The summed E-state index contributed by atoms with van der Waals surface area (Å²) in [5.74, 6) is 0. The number of halogens is 1. The highest BCUT2D eigenvalue weighted by Crippen LogP contribution is 2.32. The predicted octanol–water partition coefficient (Wildman–Crippen LogP) is 2.74. The predicted molar refractivity (Wildman–Crippen MR) is 74.6 cm³/mol. The lowest BCUT2D eigenvalue weighted by Crippen LogP contribution is -1.93. The Labute approximate surface area is 115 Å². The topological polar surface area (TPSA) is 69.6 Å². The number of thiazole rings is 1. The fourth-order valence-corrected chi connectivity index (χ4v) is 2.64. The number of benzene rings is 1. The molecule has 0 radical (unpaired) electrons. The molecule has 1 aromatic carbocycles. The van der Waals surface area contributed by atoms with Crippen LogP contribution >= 0.6 is 27.3 Å². The molecule has 0 spiro atoms. The van der Waals surface area contributed by atoms with Gasteiger partial charge in [-0.05, 0) is 12.1 Å². The molecule has 0 amide bonds. The zero-order chi connectivity index (χ0) is 12.5. The van der Waals surface area contributed by atoms with Gasteiger partial charge >= 0.3 is 0 Å². The van der Waals surface area contributed by atoms with Crippen molar-refractivity contribution in [3.63, 3.8) is 0 Å². The fourth-order valence-electron chi connectivity index (χ4n) is 1.59. The molecule has 5 nitrogen and oxygen atoms in total. The summed E-state index contributed by atoms with van der Waals surface area (Å²) in [6, 6.07) is 7.91. The summed E-state index contributed by atoms with van der Waals surface area (Å²) in [7, 11) is 0. The number of hydrogen-bond acceptors (Lipinski definition) is 5. The van der Waals surface area contributed by atoms with Gasteiger partial charge in [-0.3, -0.25) is 0 Å². The van der Waals surface area contributed by atoms with E-state index in [9.17, 15) is 0 Å². The van der Waals surface area contributed by atoms with Gasteiger partial charge in [0.05, 0.1) is 0 Å². The number of hydrogen-bond donors (Lipinski definition) is 1. The van der Waals surface area contributed by atoms with Crippen molar-refractivity contribution in [2.24, 2.45) is 0 Å². The van der Waals surface area contributed by atoms with Gasteiger partial charge in [0.15, 0.2) is 5.13 Å². The number of aromatic nitrogens is 4. The van der Waals surface area contributed by atoms with Gasteiger partial charge in [-0.15, -0.1) is 0 Å². The molecule has 0 aliphatic carbocycles. The molecule has 7 heteroatoms. The molecule has 2 N–H and O–H groups in total. The highest BCUT2D eigenvalue weighted by atomic mass is 79.9. The van der Waals surface area contributed by atoms with E-state index in [1.165, 1.54) is 17.7 Å². The van der Waals surface area contributed by atoms with Crippen LogP contribution in [-0.4, -0.2) is 19.7 Å². The fraction of sp³-hybridized carbons (Fsp3) is 0. The van der Waals surface area contributed by atoms with E-state index in [0.29, 0.717) is 5.13 Å². The molecule has 0 fully saturated rings. The second kappa shape index (κ2) is 4.51. The van der Waals surface area contributed by atoms with Crippen LogP contribution in [0.2, 0.25) is 0 Å². The lowest BCUT2D eigenvalue weighted by molar-refractivity contribution is 0.895. The van der Waals surface area contributed by atoms with Crippen LogP contribution in [0, 0.1) is 0 Å². The summed E-state index contributed by atoms with van der Waals surface area (Å²) in [5.41, 5.74) is 7.60. The first-order valence-electron chi connectivity index (χ1n) is 5.11. The molecule has 3 aromatic rings. The van der Waals surface area contributed by atoms with Gasteiger partial charge in [0.2, 0.25) is 0 Å². The van der Waals surface area contributed by atoms with Crippen LogP contribution in [-0.2, 0) is 0 Å². The molecular formula is C11H8BrN5S.